The van der Waals surface area contributed by atoms with Crippen LogP contribution < -0.4 is 4.74 Å². The Kier molecular flexibility index (Phi) is 5.03. The first kappa shape index (κ1) is 19.5. The van der Waals surface area contributed by atoms with Crippen molar-refractivity contribution in [1.82, 2.24) is 24.6 Å². The monoisotopic (exact) mass is 427 g/mol. The molecule has 0 aliphatic rings. The second kappa shape index (κ2) is 8.00. The van der Waals surface area contributed by atoms with Crippen LogP contribution in [-0.4, -0.2) is 31.7 Å². The first-order chi connectivity index (χ1) is 15.2. The lowest BCUT2D eigenvalue weighted by molar-refractivity contribution is 0.407. The van der Waals surface area contributed by atoms with E-state index in [0.717, 1.165) is 55.7 Å². The van der Waals surface area contributed by atoms with Crippen molar-refractivity contribution in [2.45, 2.75) is 24.8 Å². The van der Waals surface area contributed by atoms with E-state index < -0.39 is 0 Å². The number of fused-ring (bicyclic) bond motifs is 3. The zero-order chi connectivity index (χ0) is 21.4. The molecule has 0 unspecified atom stereocenters. The minimum Gasteiger partial charge on any atom is -0.496 e. The van der Waals surface area contributed by atoms with Crippen molar-refractivity contribution in [2.24, 2.45) is 0 Å². The van der Waals surface area contributed by atoms with Gasteiger partial charge in [-0.05, 0) is 26.0 Å². The molecule has 0 radical (unpaired) electrons. The normalized spacial score (nSPS) is 11.3. The summed E-state index contributed by atoms with van der Waals surface area (Å²) in [6, 6.07) is 18.2. The summed E-state index contributed by atoms with van der Waals surface area (Å²) in [5, 5.41) is 10.8. The highest BCUT2D eigenvalue weighted by Gasteiger charge is 2.18. The van der Waals surface area contributed by atoms with Crippen molar-refractivity contribution >= 4 is 28.3 Å². The summed E-state index contributed by atoms with van der Waals surface area (Å²) in [5.41, 5.74) is 5.78. The number of benzene rings is 2. The Morgan fingerprint density at radius 2 is 1.74 bits per heavy atom. The Bertz CT molecular complexity index is 1400. The molecule has 0 aliphatic carbocycles. The Labute approximate surface area is 184 Å². The third-order valence-electron chi connectivity index (χ3n) is 5.34. The molecule has 31 heavy (non-hydrogen) atoms. The molecular formula is C24H21N5OS. The molecule has 7 heteroatoms. The molecule has 0 bridgehead atoms. The van der Waals surface area contributed by atoms with Gasteiger partial charge in [0.1, 0.15) is 11.6 Å². The summed E-state index contributed by atoms with van der Waals surface area (Å²) in [5.74, 6) is 2.37. The zero-order valence-electron chi connectivity index (χ0n) is 17.5. The van der Waals surface area contributed by atoms with Gasteiger partial charge in [-0.1, -0.05) is 54.2 Å². The summed E-state index contributed by atoms with van der Waals surface area (Å²) in [7, 11) is 1.70. The van der Waals surface area contributed by atoms with E-state index in [1.165, 1.54) is 0 Å². The van der Waals surface area contributed by atoms with E-state index in [1.54, 1.807) is 18.9 Å². The minimum atomic E-state index is 0.657. The number of methoxy groups -OCH3 is 1. The van der Waals surface area contributed by atoms with Gasteiger partial charge in [-0.3, -0.25) is 9.38 Å². The number of hydrogen-bond acceptors (Lipinski definition) is 6. The highest BCUT2D eigenvalue weighted by molar-refractivity contribution is 7.98. The third-order valence-corrected chi connectivity index (χ3v) is 6.28. The fourth-order valence-corrected chi connectivity index (χ4v) is 4.74. The fraction of sp³-hybridized carbons (Fsp3) is 0.167. The predicted molar refractivity (Wildman–Crippen MR) is 124 cm³/mol. The average Bonchev–Trinajstić information content (AvgIpc) is 3.23. The highest BCUT2D eigenvalue weighted by Crippen LogP contribution is 2.32. The Morgan fingerprint density at radius 1 is 0.968 bits per heavy atom. The lowest BCUT2D eigenvalue weighted by Crippen LogP contribution is -2.01. The van der Waals surface area contributed by atoms with Gasteiger partial charge in [0.25, 0.3) is 0 Å². The van der Waals surface area contributed by atoms with E-state index in [9.17, 15) is 0 Å². The van der Waals surface area contributed by atoms with Gasteiger partial charge in [0.15, 0.2) is 10.8 Å². The number of rotatable bonds is 5. The molecule has 0 fully saturated rings. The van der Waals surface area contributed by atoms with Crippen molar-refractivity contribution < 1.29 is 4.74 Å². The van der Waals surface area contributed by atoms with Gasteiger partial charge in [0.05, 0.1) is 18.3 Å². The van der Waals surface area contributed by atoms with Crippen LogP contribution in [0.2, 0.25) is 0 Å². The molecule has 5 rings (SSSR count). The molecule has 6 nitrogen and oxygen atoms in total. The van der Waals surface area contributed by atoms with Gasteiger partial charge in [0, 0.05) is 34.0 Å². The van der Waals surface area contributed by atoms with Crippen LogP contribution in [0.4, 0.5) is 0 Å². The number of aromatic nitrogens is 5. The van der Waals surface area contributed by atoms with E-state index in [1.807, 2.05) is 66.9 Å². The van der Waals surface area contributed by atoms with Crippen LogP contribution >= 0.6 is 11.8 Å². The van der Waals surface area contributed by atoms with Gasteiger partial charge in [-0.15, -0.1) is 10.2 Å². The number of hydrogen-bond donors (Lipinski definition) is 0. The van der Waals surface area contributed by atoms with Crippen LogP contribution in [-0.2, 0) is 5.75 Å². The molecular weight excluding hydrogens is 406 g/mol. The number of nitrogens with zero attached hydrogens (tertiary/aromatic N) is 5. The highest BCUT2D eigenvalue weighted by atomic mass is 32.2. The van der Waals surface area contributed by atoms with Gasteiger partial charge < -0.3 is 4.74 Å². The lowest BCUT2D eigenvalue weighted by Gasteiger charge is -2.12. The first-order valence-corrected chi connectivity index (χ1v) is 11.0. The Morgan fingerprint density at radius 3 is 2.55 bits per heavy atom. The maximum atomic E-state index is 5.56. The number of ether oxygens (including phenoxy) is 1. The molecule has 0 saturated carbocycles. The quantitative estimate of drug-likeness (QED) is 0.357. The Hall–Kier alpha value is -3.45. The molecule has 0 spiro atoms. The molecule has 0 saturated heterocycles. The van der Waals surface area contributed by atoms with Crippen LogP contribution in [0.1, 0.15) is 16.8 Å². The largest absolute Gasteiger partial charge is 0.496 e. The predicted octanol–water partition coefficient (Wildman–Crippen LogP) is 5.26. The van der Waals surface area contributed by atoms with Crippen molar-refractivity contribution in [3.05, 3.63) is 77.6 Å². The van der Waals surface area contributed by atoms with E-state index in [4.69, 9.17) is 9.72 Å². The van der Waals surface area contributed by atoms with E-state index in [-0.39, 0.29) is 0 Å². The van der Waals surface area contributed by atoms with Gasteiger partial charge in [-0.25, -0.2) is 4.98 Å². The molecule has 2 aromatic carbocycles. The number of aryl methyl sites for hydroxylation is 1. The van der Waals surface area contributed by atoms with Crippen molar-refractivity contribution in [2.75, 3.05) is 7.11 Å². The van der Waals surface area contributed by atoms with Crippen LogP contribution in [0.15, 0.2) is 66.0 Å². The smallest absolute Gasteiger partial charge is 0.197 e. The van der Waals surface area contributed by atoms with Gasteiger partial charge in [-0.2, -0.15) is 0 Å². The van der Waals surface area contributed by atoms with Crippen molar-refractivity contribution in [3.63, 3.8) is 0 Å². The summed E-state index contributed by atoms with van der Waals surface area (Å²) in [6.45, 7) is 4.05. The van der Waals surface area contributed by atoms with Gasteiger partial charge in [0.2, 0.25) is 0 Å². The fourth-order valence-electron chi connectivity index (χ4n) is 3.78. The molecule has 0 amide bonds. The second-order valence-corrected chi connectivity index (χ2v) is 8.24. The lowest BCUT2D eigenvalue weighted by atomic mass is 10.1. The zero-order valence-corrected chi connectivity index (χ0v) is 18.3. The number of thioether (sulfide) groups is 1. The van der Waals surface area contributed by atoms with Crippen LogP contribution in [0.3, 0.4) is 0 Å². The third kappa shape index (κ3) is 3.41. The number of para-hydroxylation sites is 1. The maximum Gasteiger partial charge on any atom is 0.197 e. The molecule has 0 aliphatic heterocycles. The van der Waals surface area contributed by atoms with Crippen molar-refractivity contribution in [3.8, 4) is 17.1 Å². The SMILES string of the molecule is COc1c(C)cnc(CSc2nnc3c4ccccc4nc(-c4ccccc4)n23)c1C. The van der Waals surface area contributed by atoms with E-state index in [0.29, 0.717) is 5.75 Å². The second-order valence-electron chi connectivity index (χ2n) is 7.30. The van der Waals surface area contributed by atoms with Crippen LogP contribution in [0, 0.1) is 13.8 Å². The van der Waals surface area contributed by atoms with Crippen LogP contribution in [0.5, 0.6) is 5.75 Å². The average molecular weight is 428 g/mol. The molecule has 5 aromatic rings. The topological polar surface area (TPSA) is 65.2 Å². The van der Waals surface area contributed by atoms with Crippen LogP contribution in [0.25, 0.3) is 27.9 Å². The molecule has 3 aromatic heterocycles. The van der Waals surface area contributed by atoms with E-state index >= 15 is 0 Å². The molecule has 3 heterocycles. The maximum absolute atomic E-state index is 5.56. The number of pyridine rings is 1. The Balaban J connectivity index is 1.63. The summed E-state index contributed by atoms with van der Waals surface area (Å²) < 4.78 is 7.60. The van der Waals surface area contributed by atoms with E-state index in [2.05, 4.69) is 27.3 Å². The molecule has 0 atom stereocenters. The first-order valence-electron chi connectivity index (χ1n) is 9.98. The summed E-state index contributed by atoms with van der Waals surface area (Å²) in [6.07, 6.45) is 1.86. The van der Waals surface area contributed by atoms with Gasteiger partial charge >= 0.3 is 0 Å². The van der Waals surface area contributed by atoms with Crippen molar-refractivity contribution in [1.29, 1.82) is 0 Å². The minimum absolute atomic E-state index is 0.657. The standard InChI is InChI=1S/C24H21N5OS/c1-15-13-25-20(16(2)21(15)30-3)14-31-24-28-27-23-18-11-7-8-12-19(18)26-22(29(23)24)17-9-5-4-6-10-17/h4-13H,14H2,1-3H3. The molecule has 0 N–H and O–H groups in total. The summed E-state index contributed by atoms with van der Waals surface area (Å²) >= 11 is 1.60. The molecule has 154 valence electrons. The summed E-state index contributed by atoms with van der Waals surface area (Å²) in [4.78, 5) is 9.57.